The zero-order valence-electron chi connectivity index (χ0n) is 14.5. The van der Waals surface area contributed by atoms with Gasteiger partial charge >= 0.3 is 5.97 Å². The molecule has 0 bridgehead atoms. The molecule has 138 valence electrons. The van der Waals surface area contributed by atoms with Crippen LogP contribution in [0, 0.1) is 11.8 Å². The molecule has 1 N–H and O–H groups in total. The van der Waals surface area contributed by atoms with Gasteiger partial charge in [0, 0.05) is 32.1 Å². The number of amides is 1. The van der Waals surface area contributed by atoms with Crippen LogP contribution in [0.5, 0.6) is 0 Å². The number of hydrogen-bond donors (Lipinski definition) is 1. The highest BCUT2D eigenvalue weighted by Crippen LogP contribution is 2.31. The lowest BCUT2D eigenvalue weighted by atomic mass is 9.81. The molecule has 0 spiro atoms. The van der Waals surface area contributed by atoms with Crippen LogP contribution in [0.25, 0.3) is 10.2 Å². The number of piperazine rings is 1. The van der Waals surface area contributed by atoms with Gasteiger partial charge < -0.3 is 14.9 Å². The van der Waals surface area contributed by atoms with Crippen molar-refractivity contribution in [1.82, 2.24) is 14.9 Å². The molecule has 8 heteroatoms. The smallest absolute Gasteiger partial charge is 0.306 e. The lowest BCUT2D eigenvalue weighted by Crippen LogP contribution is -2.51. The Labute approximate surface area is 155 Å². The Balaban J connectivity index is 1.36. The van der Waals surface area contributed by atoms with Crippen molar-refractivity contribution in [2.45, 2.75) is 25.7 Å². The predicted molar refractivity (Wildman–Crippen MR) is 99.3 cm³/mol. The lowest BCUT2D eigenvalue weighted by Gasteiger charge is -2.38. The van der Waals surface area contributed by atoms with Crippen molar-refractivity contribution in [1.29, 1.82) is 0 Å². The quantitative estimate of drug-likeness (QED) is 0.887. The molecule has 1 saturated carbocycles. The molecule has 0 aromatic carbocycles. The lowest BCUT2D eigenvalue weighted by molar-refractivity contribution is -0.145. The summed E-state index contributed by atoms with van der Waals surface area (Å²) in [5, 5.41) is 12.2. The van der Waals surface area contributed by atoms with Gasteiger partial charge in [0.1, 0.15) is 17.0 Å². The van der Waals surface area contributed by atoms with Gasteiger partial charge in [-0.05, 0) is 37.1 Å². The fraction of sp³-hybridized carbons (Fsp3) is 0.556. The second-order valence-corrected chi connectivity index (χ2v) is 7.93. The average molecular weight is 374 g/mol. The third-order valence-electron chi connectivity index (χ3n) is 5.56. The highest BCUT2D eigenvalue weighted by molar-refractivity contribution is 7.16. The van der Waals surface area contributed by atoms with Crippen molar-refractivity contribution in [3.8, 4) is 0 Å². The molecule has 26 heavy (non-hydrogen) atoms. The van der Waals surface area contributed by atoms with Crippen LogP contribution in [0.1, 0.15) is 25.7 Å². The van der Waals surface area contributed by atoms with Crippen molar-refractivity contribution < 1.29 is 14.7 Å². The minimum Gasteiger partial charge on any atom is -0.481 e. The Morgan fingerprint density at radius 3 is 2.42 bits per heavy atom. The van der Waals surface area contributed by atoms with Crippen molar-refractivity contribution in [2.75, 3.05) is 31.1 Å². The fourth-order valence-electron chi connectivity index (χ4n) is 4.01. The number of aromatic nitrogens is 2. The Morgan fingerprint density at radius 2 is 1.73 bits per heavy atom. The van der Waals surface area contributed by atoms with Crippen LogP contribution in [0.3, 0.4) is 0 Å². The normalized spacial score (nSPS) is 24.0. The molecule has 2 aliphatic rings. The third-order valence-corrected chi connectivity index (χ3v) is 6.38. The number of fused-ring (bicyclic) bond motifs is 1. The standard InChI is InChI=1S/C18H22N4O3S/c23-17(12-1-3-13(4-2-12)18(24)25)22-8-6-21(7-9-22)15-14-5-10-26-16(14)20-11-19-15/h5,10-13H,1-4,6-9H2,(H,24,25). The van der Waals surface area contributed by atoms with E-state index in [2.05, 4.69) is 14.9 Å². The number of hydrogen-bond acceptors (Lipinski definition) is 6. The van der Waals surface area contributed by atoms with Crippen LogP contribution < -0.4 is 4.90 Å². The number of carboxylic acid groups (broad SMARTS) is 1. The van der Waals surface area contributed by atoms with Crippen molar-refractivity contribution in [3.63, 3.8) is 0 Å². The molecule has 2 aromatic heterocycles. The summed E-state index contributed by atoms with van der Waals surface area (Å²) in [6.07, 6.45) is 4.22. The molecule has 2 aromatic rings. The first-order chi connectivity index (χ1) is 12.6. The molecular formula is C18H22N4O3S. The van der Waals surface area contributed by atoms with Gasteiger partial charge in [-0.1, -0.05) is 0 Å². The first-order valence-corrected chi connectivity index (χ1v) is 9.96. The zero-order valence-corrected chi connectivity index (χ0v) is 15.3. The highest BCUT2D eigenvalue weighted by Gasteiger charge is 2.33. The highest BCUT2D eigenvalue weighted by atomic mass is 32.1. The van der Waals surface area contributed by atoms with E-state index < -0.39 is 5.97 Å². The molecule has 1 saturated heterocycles. The molecule has 0 atom stereocenters. The molecule has 7 nitrogen and oxygen atoms in total. The Bertz CT molecular complexity index is 808. The number of carbonyl (C=O) groups excluding carboxylic acids is 1. The van der Waals surface area contributed by atoms with Crippen LogP contribution in [-0.2, 0) is 9.59 Å². The molecular weight excluding hydrogens is 352 g/mol. The van der Waals surface area contributed by atoms with E-state index in [1.165, 1.54) is 0 Å². The molecule has 1 aliphatic carbocycles. The maximum absolute atomic E-state index is 12.8. The van der Waals surface area contributed by atoms with E-state index in [0.29, 0.717) is 38.8 Å². The summed E-state index contributed by atoms with van der Waals surface area (Å²) >= 11 is 1.61. The third kappa shape index (κ3) is 3.25. The van der Waals surface area contributed by atoms with Crippen LogP contribution in [0.15, 0.2) is 17.8 Å². The van der Waals surface area contributed by atoms with E-state index in [4.69, 9.17) is 5.11 Å². The summed E-state index contributed by atoms with van der Waals surface area (Å²) in [4.78, 5) is 37.7. The summed E-state index contributed by atoms with van der Waals surface area (Å²) in [5.41, 5.74) is 0. The SMILES string of the molecule is O=C(O)C1CCC(C(=O)N2CCN(c3ncnc4sccc34)CC2)CC1. The van der Waals surface area contributed by atoms with Crippen LogP contribution in [-0.4, -0.2) is 58.0 Å². The Hall–Kier alpha value is -2.22. The molecule has 0 radical (unpaired) electrons. The molecule has 1 aliphatic heterocycles. The fourth-order valence-corrected chi connectivity index (χ4v) is 4.74. The summed E-state index contributed by atoms with van der Waals surface area (Å²) in [6, 6.07) is 2.05. The van der Waals surface area contributed by atoms with E-state index in [1.54, 1.807) is 17.7 Å². The van der Waals surface area contributed by atoms with Gasteiger partial charge in [-0.3, -0.25) is 9.59 Å². The van der Waals surface area contributed by atoms with Gasteiger partial charge in [-0.25, -0.2) is 9.97 Å². The van der Waals surface area contributed by atoms with Gasteiger partial charge in [0.25, 0.3) is 0 Å². The number of thiophene rings is 1. The zero-order chi connectivity index (χ0) is 18.1. The molecule has 3 heterocycles. The number of anilines is 1. The van der Waals surface area contributed by atoms with E-state index in [0.717, 1.165) is 29.1 Å². The van der Waals surface area contributed by atoms with E-state index >= 15 is 0 Å². The van der Waals surface area contributed by atoms with Crippen LogP contribution in [0.2, 0.25) is 0 Å². The second-order valence-electron chi connectivity index (χ2n) is 7.04. The van der Waals surface area contributed by atoms with Gasteiger partial charge in [0.15, 0.2) is 0 Å². The van der Waals surface area contributed by atoms with Crippen molar-refractivity contribution in [2.24, 2.45) is 11.8 Å². The number of rotatable bonds is 3. The largest absolute Gasteiger partial charge is 0.481 e. The maximum Gasteiger partial charge on any atom is 0.306 e. The summed E-state index contributed by atoms with van der Waals surface area (Å²) in [5.74, 6) is 0.123. The number of carboxylic acids is 1. The molecule has 4 rings (SSSR count). The van der Waals surface area contributed by atoms with Crippen LogP contribution >= 0.6 is 11.3 Å². The van der Waals surface area contributed by atoms with E-state index in [9.17, 15) is 9.59 Å². The van der Waals surface area contributed by atoms with E-state index in [-0.39, 0.29) is 17.7 Å². The van der Waals surface area contributed by atoms with E-state index in [1.807, 2.05) is 16.3 Å². The number of nitrogens with zero attached hydrogens (tertiary/aromatic N) is 4. The minimum absolute atomic E-state index is 0.0141. The summed E-state index contributed by atoms with van der Waals surface area (Å²) in [6.45, 7) is 2.90. The second kappa shape index (κ2) is 7.19. The van der Waals surface area contributed by atoms with Gasteiger partial charge in [-0.2, -0.15) is 0 Å². The minimum atomic E-state index is -0.728. The van der Waals surface area contributed by atoms with Crippen molar-refractivity contribution >= 4 is 39.2 Å². The monoisotopic (exact) mass is 374 g/mol. The first-order valence-electron chi connectivity index (χ1n) is 9.08. The summed E-state index contributed by atoms with van der Waals surface area (Å²) in [7, 11) is 0. The van der Waals surface area contributed by atoms with Crippen molar-refractivity contribution in [3.05, 3.63) is 17.8 Å². The summed E-state index contributed by atoms with van der Waals surface area (Å²) < 4.78 is 0. The number of aliphatic carboxylic acids is 1. The molecule has 0 unspecified atom stereocenters. The average Bonchev–Trinajstić information content (AvgIpc) is 3.16. The molecule has 2 fully saturated rings. The molecule has 1 amide bonds. The van der Waals surface area contributed by atoms with Gasteiger partial charge in [0.05, 0.1) is 11.3 Å². The van der Waals surface area contributed by atoms with Gasteiger partial charge in [-0.15, -0.1) is 11.3 Å². The maximum atomic E-state index is 12.8. The van der Waals surface area contributed by atoms with Crippen LogP contribution in [0.4, 0.5) is 5.82 Å². The van der Waals surface area contributed by atoms with Gasteiger partial charge in [0.2, 0.25) is 5.91 Å². The topological polar surface area (TPSA) is 86.6 Å². The Morgan fingerprint density at radius 1 is 1.04 bits per heavy atom. The Kier molecular flexibility index (Phi) is 4.76. The first kappa shape index (κ1) is 17.2. The number of carbonyl (C=O) groups is 2. The predicted octanol–water partition coefficient (Wildman–Crippen LogP) is 2.23.